The average Bonchev–Trinajstić information content (AvgIpc) is 2.33. The zero-order chi connectivity index (χ0) is 6.10. The van der Waals surface area contributed by atoms with Crippen molar-refractivity contribution in [2.45, 2.75) is 6.42 Å². The molecule has 1 aliphatic rings. The molecule has 1 N–H and O–H groups in total. The van der Waals surface area contributed by atoms with Crippen LogP contribution in [0, 0.1) is 6.42 Å². The first-order chi connectivity index (χ1) is 4.47. The van der Waals surface area contributed by atoms with Crippen LogP contribution in [0.15, 0.2) is 11.4 Å². The van der Waals surface area contributed by atoms with E-state index >= 15 is 0 Å². The van der Waals surface area contributed by atoms with E-state index in [9.17, 15) is 0 Å². The quantitative estimate of drug-likeness (QED) is 0.576. The predicted octanol–water partition coefficient (Wildman–Crippen LogP) is 1.99. The maximum absolute atomic E-state index is 3.30. The van der Waals surface area contributed by atoms with E-state index in [0.29, 0.717) is 0 Å². The monoisotopic (exact) mass is 137 g/mol. The largest absolute Gasteiger partial charge is 0.384 e. The molecular weight excluding hydrogens is 130 g/mol. The number of hydrogen-bond acceptors (Lipinski definition) is 2. The number of anilines is 1. The van der Waals surface area contributed by atoms with Crippen LogP contribution in [0.4, 0.5) is 5.69 Å². The van der Waals surface area contributed by atoms with Gasteiger partial charge in [0.25, 0.3) is 0 Å². The number of nitrogens with one attached hydrogen (secondary N) is 1. The van der Waals surface area contributed by atoms with E-state index < -0.39 is 0 Å². The van der Waals surface area contributed by atoms with Crippen LogP contribution in [0.25, 0.3) is 0 Å². The molecule has 1 aromatic heterocycles. The fraction of sp³-hybridized carbons (Fsp3) is 0.286. The highest BCUT2D eigenvalue weighted by Gasteiger charge is 2.08. The van der Waals surface area contributed by atoms with Gasteiger partial charge in [0, 0.05) is 23.5 Å². The second kappa shape index (κ2) is 2.03. The summed E-state index contributed by atoms with van der Waals surface area (Å²) in [5.74, 6) is 0. The molecule has 0 saturated carbocycles. The van der Waals surface area contributed by atoms with Crippen molar-refractivity contribution in [2.75, 3.05) is 11.9 Å². The Labute approximate surface area is 58.7 Å². The zero-order valence-corrected chi connectivity index (χ0v) is 5.79. The lowest BCUT2D eigenvalue weighted by molar-refractivity contribution is 0.986. The summed E-state index contributed by atoms with van der Waals surface area (Å²) in [7, 11) is 0. The standard InChI is InChI=1S/C7H7NS/c1-2-7-6(8-4-1)3-5-9-7/h3,5,8H,1,4H2. The SMILES string of the molecule is [C]1CCNc2ccsc21. The van der Waals surface area contributed by atoms with Gasteiger partial charge in [-0.3, -0.25) is 0 Å². The van der Waals surface area contributed by atoms with Crippen LogP contribution < -0.4 is 5.32 Å². The summed E-state index contributed by atoms with van der Waals surface area (Å²) in [6.45, 7) is 1.05. The van der Waals surface area contributed by atoms with Gasteiger partial charge in [0.1, 0.15) is 0 Å². The van der Waals surface area contributed by atoms with Gasteiger partial charge in [0.05, 0.1) is 0 Å². The van der Waals surface area contributed by atoms with Gasteiger partial charge in [-0.1, -0.05) is 0 Å². The highest BCUT2D eigenvalue weighted by Crippen LogP contribution is 2.27. The van der Waals surface area contributed by atoms with Crippen molar-refractivity contribution in [2.24, 2.45) is 0 Å². The Morgan fingerprint density at radius 2 is 2.67 bits per heavy atom. The first-order valence-electron chi connectivity index (χ1n) is 3.02. The van der Waals surface area contributed by atoms with E-state index in [1.165, 1.54) is 10.6 Å². The molecule has 9 heavy (non-hydrogen) atoms. The van der Waals surface area contributed by atoms with Gasteiger partial charge in [-0.2, -0.15) is 0 Å². The molecule has 0 fully saturated rings. The fourth-order valence-electron chi connectivity index (χ4n) is 0.959. The fourth-order valence-corrected chi connectivity index (χ4v) is 1.75. The normalized spacial score (nSPS) is 16.4. The first-order valence-corrected chi connectivity index (χ1v) is 3.90. The van der Waals surface area contributed by atoms with E-state index in [0.717, 1.165) is 13.0 Å². The summed E-state index contributed by atoms with van der Waals surface area (Å²) in [6.07, 6.45) is 4.35. The molecule has 2 radical (unpaired) electrons. The third kappa shape index (κ3) is 0.833. The Balaban J connectivity index is 2.39. The van der Waals surface area contributed by atoms with Crippen molar-refractivity contribution in [1.29, 1.82) is 0 Å². The topological polar surface area (TPSA) is 12.0 Å². The second-order valence-corrected chi connectivity index (χ2v) is 2.93. The lowest BCUT2D eigenvalue weighted by Crippen LogP contribution is -2.07. The molecule has 1 aliphatic heterocycles. The minimum Gasteiger partial charge on any atom is -0.384 e. The van der Waals surface area contributed by atoms with E-state index in [4.69, 9.17) is 0 Å². The summed E-state index contributed by atoms with van der Waals surface area (Å²) in [4.78, 5) is 1.28. The summed E-state index contributed by atoms with van der Waals surface area (Å²) in [6, 6.07) is 2.10. The number of hydrogen-bond donors (Lipinski definition) is 1. The maximum Gasteiger partial charge on any atom is 0.0488 e. The van der Waals surface area contributed by atoms with Gasteiger partial charge in [0.15, 0.2) is 0 Å². The summed E-state index contributed by atoms with van der Waals surface area (Å²) in [5, 5.41) is 5.38. The minimum atomic E-state index is 1.05. The Bertz CT molecular complexity index is 184. The van der Waals surface area contributed by atoms with Crippen LogP contribution in [-0.2, 0) is 0 Å². The molecule has 0 atom stereocenters. The highest BCUT2D eigenvalue weighted by atomic mass is 32.1. The molecule has 0 unspecified atom stereocenters. The molecule has 0 bridgehead atoms. The molecule has 2 rings (SSSR count). The van der Waals surface area contributed by atoms with E-state index in [-0.39, 0.29) is 0 Å². The number of fused-ring (bicyclic) bond motifs is 1. The number of thiophene rings is 1. The highest BCUT2D eigenvalue weighted by molar-refractivity contribution is 7.10. The third-order valence-corrected chi connectivity index (χ3v) is 2.26. The smallest absolute Gasteiger partial charge is 0.0488 e. The van der Waals surface area contributed by atoms with Crippen molar-refractivity contribution in [1.82, 2.24) is 0 Å². The van der Waals surface area contributed by atoms with E-state index in [1.807, 2.05) is 0 Å². The van der Waals surface area contributed by atoms with Crippen LogP contribution in [0.3, 0.4) is 0 Å². The Morgan fingerprint density at radius 3 is 3.56 bits per heavy atom. The van der Waals surface area contributed by atoms with Gasteiger partial charge < -0.3 is 5.32 Å². The van der Waals surface area contributed by atoms with Crippen molar-refractivity contribution in [3.8, 4) is 0 Å². The summed E-state index contributed by atoms with van der Waals surface area (Å²) in [5.41, 5.74) is 1.26. The summed E-state index contributed by atoms with van der Waals surface area (Å²) < 4.78 is 0. The Hall–Kier alpha value is -0.500. The zero-order valence-electron chi connectivity index (χ0n) is 4.98. The molecule has 1 nitrogen and oxygen atoms in total. The number of rotatable bonds is 0. The molecule has 2 heteroatoms. The van der Waals surface area contributed by atoms with Crippen LogP contribution in [0.2, 0.25) is 0 Å². The minimum absolute atomic E-state index is 1.05. The first kappa shape index (κ1) is 5.30. The van der Waals surface area contributed by atoms with Crippen LogP contribution >= 0.6 is 11.3 Å². The molecule has 0 aliphatic carbocycles. The Kier molecular flexibility index (Phi) is 1.19. The van der Waals surface area contributed by atoms with Crippen LogP contribution in [0.1, 0.15) is 11.3 Å². The van der Waals surface area contributed by atoms with Crippen molar-refractivity contribution >= 4 is 17.0 Å². The average molecular weight is 137 g/mol. The lowest BCUT2D eigenvalue weighted by Gasteiger charge is -2.11. The predicted molar refractivity (Wildman–Crippen MR) is 39.8 cm³/mol. The molecule has 46 valence electrons. The van der Waals surface area contributed by atoms with Crippen LogP contribution in [-0.4, -0.2) is 6.54 Å². The third-order valence-electron chi connectivity index (χ3n) is 1.39. The lowest BCUT2D eigenvalue weighted by atomic mass is 10.2. The second-order valence-electron chi connectivity index (χ2n) is 2.02. The maximum atomic E-state index is 3.30. The molecule has 0 saturated heterocycles. The van der Waals surface area contributed by atoms with Gasteiger partial charge in [-0.05, 0) is 17.9 Å². The molecule has 0 spiro atoms. The van der Waals surface area contributed by atoms with Crippen LogP contribution in [0.5, 0.6) is 0 Å². The summed E-state index contributed by atoms with van der Waals surface area (Å²) >= 11 is 1.75. The molecule has 0 aromatic carbocycles. The van der Waals surface area contributed by atoms with Crippen molar-refractivity contribution in [3.63, 3.8) is 0 Å². The van der Waals surface area contributed by atoms with Gasteiger partial charge in [-0.25, -0.2) is 0 Å². The molecule has 1 aromatic rings. The van der Waals surface area contributed by atoms with Gasteiger partial charge >= 0.3 is 0 Å². The molecule has 2 heterocycles. The molecular formula is C7H7NS. The van der Waals surface area contributed by atoms with E-state index in [1.54, 1.807) is 11.3 Å². The van der Waals surface area contributed by atoms with E-state index in [2.05, 4.69) is 23.2 Å². The Morgan fingerprint density at radius 1 is 1.67 bits per heavy atom. The van der Waals surface area contributed by atoms with Gasteiger partial charge in [0.2, 0.25) is 0 Å². The van der Waals surface area contributed by atoms with Gasteiger partial charge in [-0.15, -0.1) is 11.3 Å². The van der Waals surface area contributed by atoms with Crippen molar-refractivity contribution < 1.29 is 0 Å². The molecule has 0 amide bonds. The van der Waals surface area contributed by atoms with Crippen molar-refractivity contribution in [3.05, 3.63) is 22.7 Å².